The molecule has 0 bridgehead atoms. The summed E-state index contributed by atoms with van der Waals surface area (Å²) in [6.07, 6.45) is -4.58. The maximum atomic E-state index is 12.8. The lowest BCUT2D eigenvalue weighted by Gasteiger charge is -2.14. The smallest absolute Gasteiger partial charge is 0.416 e. The minimum atomic E-state index is -4.58. The molecule has 0 fully saturated rings. The van der Waals surface area contributed by atoms with Gasteiger partial charge in [0.1, 0.15) is 5.75 Å². The van der Waals surface area contributed by atoms with Crippen LogP contribution in [0.25, 0.3) is 0 Å². The number of halogens is 3. The van der Waals surface area contributed by atoms with Crippen molar-refractivity contribution in [2.45, 2.75) is 11.1 Å². The van der Waals surface area contributed by atoms with Gasteiger partial charge in [0, 0.05) is 0 Å². The highest BCUT2D eigenvalue weighted by Crippen LogP contribution is 2.30. The summed E-state index contributed by atoms with van der Waals surface area (Å²) < 4.78 is 70.9. The van der Waals surface area contributed by atoms with Crippen LogP contribution < -0.4 is 14.8 Å². The predicted molar refractivity (Wildman–Crippen MR) is 110 cm³/mol. The fourth-order valence-electron chi connectivity index (χ4n) is 2.73. The molecule has 3 rings (SSSR count). The van der Waals surface area contributed by atoms with Crippen LogP contribution in [0.5, 0.6) is 5.75 Å². The lowest BCUT2D eigenvalue weighted by Crippen LogP contribution is -2.19. The van der Waals surface area contributed by atoms with E-state index < -0.39 is 27.7 Å². The maximum Gasteiger partial charge on any atom is 0.416 e. The van der Waals surface area contributed by atoms with E-state index in [1.54, 1.807) is 30.3 Å². The standard InChI is InChI=1S/C21H17F3N2O4S/c1-30-19-9-5-4-8-18(19)25-20(27)16-6-2-3-7-17(16)26-31(28,29)15-12-10-14(11-13-15)21(22,23)24/h2-13,26H,1H3,(H,25,27). The number of sulfonamides is 1. The SMILES string of the molecule is COc1ccccc1NC(=O)c1ccccc1NS(=O)(=O)c1ccc(C(F)(F)F)cc1. The van der Waals surface area contributed by atoms with Gasteiger partial charge in [-0.3, -0.25) is 9.52 Å². The Labute approximate surface area is 176 Å². The number of methoxy groups -OCH3 is 1. The van der Waals surface area contributed by atoms with E-state index in [9.17, 15) is 26.4 Å². The normalized spacial score (nSPS) is 11.6. The Morgan fingerprint density at radius 1 is 0.871 bits per heavy atom. The first-order chi connectivity index (χ1) is 14.6. The molecule has 3 aromatic carbocycles. The second-order valence-corrected chi connectivity index (χ2v) is 8.01. The molecule has 0 aliphatic carbocycles. The van der Waals surface area contributed by atoms with Gasteiger partial charge in [-0.15, -0.1) is 0 Å². The third-order valence-electron chi connectivity index (χ3n) is 4.26. The number of carbonyl (C=O) groups is 1. The number of hydrogen-bond donors (Lipinski definition) is 2. The van der Waals surface area contributed by atoms with Gasteiger partial charge in [0.2, 0.25) is 0 Å². The van der Waals surface area contributed by atoms with Crippen LogP contribution in [0.2, 0.25) is 0 Å². The minimum Gasteiger partial charge on any atom is -0.495 e. The van der Waals surface area contributed by atoms with Crippen LogP contribution in [-0.2, 0) is 16.2 Å². The molecule has 0 heterocycles. The fraction of sp³-hybridized carbons (Fsp3) is 0.0952. The number of amides is 1. The molecule has 0 atom stereocenters. The number of rotatable bonds is 6. The number of anilines is 2. The van der Waals surface area contributed by atoms with Crippen molar-refractivity contribution in [3.8, 4) is 5.75 Å². The van der Waals surface area contributed by atoms with E-state index in [-0.39, 0.29) is 16.1 Å². The Morgan fingerprint density at radius 3 is 2.06 bits per heavy atom. The van der Waals surface area contributed by atoms with Gasteiger partial charge in [-0.1, -0.05) is 24.3 Å². The lowest BCUT2D eigenvalue weighted by atomic mass is 10.1. The molecular weight excluding hydrogens is 433 g/mol. The third-order valence-corrected chi connectivity index (χ3v) is 5.64. The Kier molecular flexibility index (Phi) is 6.21. The maximum absolute atomic E-state index is 12.8. The van der Waals surface area contributed by atoms with Gasteiger partial charge in [-0.05, 0) is 48.5 Å². The molecule has 2 N–H and O–H groups in total. The Bertz CT molecular complexity index is 1190. The first kappa shape index (κ1) is 22.2. The van der Waals surface area contributed by atoms with Gasteiger partial charge in [0.25, 0.3) is 15.9 Å². The molecule has 31 heavy (non-hydrogen) atoms. The van der Waals surface area contributed by atoms with Crippen molar-refractivity contribution >= 4 is 27.3 Å². The largest absolute Gasteiger partial charge is 0.495 e. The zero-order valence-corrected chi connectivity index (χ0v) is 16.9. The highest BCUT2D eigenvalue weighted by molar-refractivity contribution is 7.92. The number of benzene rings is 3. The summed E-state index contributed by atoms with van der Waals surface area (Å²) in [5.74, 6) is -0.186. The molecule has 0 aliphatic heterocycles. The molecule has 0 aliphatic rings. The van der Waals surface area contributed by atoms with E-state index in [0.29, 0.717) is 23.6 Å². The molecule has 0 saturated carbocycles. The van der Waals surface area contributed by atoms with Gasteiger partial charge in [0.05, 0.1) is 34.5 Å². The number of hydrogen-bond acceptors (Lipinski definition) is 4. The Morgan fingerprint density at radius 2 is 1.45 bits per heavy atom. The van der Waals surface area contributed by atoms with E-state index in [1.807, 2.05) is 0 Å². The van der Waals surface area contributed by atoms with Crippen LogP contribution >= 0.6 is 0 Å². The average Bonchev–Trinajstić information content (AvgIpc) is 2.73. The highest BCUT2D eigenvalue weighted by atomic mass is 32.2. The van der Waals surface area contributed by atoms with Gasteiger partial charge < -0.3 is 10.1 Å². The number of carbonyl (C=O) groups excluding carboxylic acids is 1. The van der Waals surface area contributed by atoms with Crippen molar-refractivity contribution in [1.82, 2.24) is 0 Å². The monoisotopic (exact) mass is 450 g/mol. The molecule has 6 nitrogen and oxygen atoms in total. The summed E-state index contributed by atoms with van der Waals surface area (Å²) in [4.78, 5) is 12.4. The van der Waals surface area contributed by atoms with Crippen molar-refractivity contribution in [3.63, 3.8) is 0 Å². The van der Waals surface area contributed by atoms with Gasteiger partial charge in [-0.25, -0.2) is 8.42 Å². The van der Waals surface area contributed by atoms with E-state index in [0.717, 1.165) is 12.1 Å². The average molecular weight is 450 g/mol. The van der Waals surface area contributed by atoms with Crippen molar-refractivity contribution in [2.24, 2.45) is 0 Å². The second-order valence-electron chi connectivity index (χ2n) is 6.33. The number of nitrogens with one attached hydrogen (secondary N) is 2. The zero-order valence-electron chi connectivity index (χ0n) is 16.1. The molecule has 0 aromatic heterocycles. The quantitative estimate of drug-likeness (QED) is 0.567. The first-order valence-electron chi connectivity index (χ1n) is 8.85. The molecule has 1 amide bonds. The van der Waals surface area contributed by atoms with E-state index in [1.165, 1.54) is 25.3 Å². The Hall–Kier alpha value is -3.53. The predicted octanol–water partition coefficient (Wildman–Crippen LogP) is 4.77. The Balaban J connectivity index is 1.87. The topological polar surface area (TPSA) is 84.5 Å². The molecular formula is C21H17F3N2O4S. The molecule has 0 spiro atoms. The van der Waals surface area contributed by atoms with Crippen LogP contribution in [0.3, 0.4) is 0 Å². The molecule has 0 radical (unpaired) electrons. The summed E-state index contributed by atoms with van der Waals surface area (Å²) in [6, 6.07) is 15.6. The zero-order chi connectivity index (χ0) is 22.6. The van der Waals surface area contributed by atoms with Crippen LogP contribution in [0.15, 0.2) is 77.7 Å². The lowest BCUT2D eigenvalue weighted by molar-refractivity contribution is -0.137. The molecule has 0 saturated heterocycles. The number of alkyl halides is 3. The molecule has 10 heteroatoms. The third kappa shape index (κ3) is 5.15. The number of ether oxygens (including phenoxy) is 1. The van der Waals surface area contributed by atoms with Crippen LogP contribution in [0.1, 0.15) is 15.9 Å². The van der Waals surface area contributed by atoms with Crippen molar-refractivity contribution < 1.29 is 31.1 Å². The van der Waals surface area contributed by atoms with Crippen molar-refractivity contribution in [1.29, 1.82) is 0 Å². The van der Waals surface area contributed by atoms with Crippen molar-refractivity contribution in [3.05, 3.63) is 83.9 Å². The van der Waals surface area contributed by atoms with Crippen molar-refractivity contribution in [2.75, 3.05) is 17.1 Å². The molecule has 3 aromatic rings. The van der Waals surface area contributed by atoms with E-state index in [4.69, 9.17) is 4.74 Å². The van der Waals surface area contributed by atoms with Gasteiger partial charge in [-0.2, -0.15) is 13.2 Å². The van der Waals surface area contributed by atoms with E-state index >= 15 is 0 Å². The first-order valence-corrected chi connectivity index (χ1v) is 10.3. The summed E-state index contributed by atoms with van der Waals surface area (Å²) in [7, 11) is -2.80. The highest BCUT2D eigenvalue weighted by Gasteiger charge is 2.30. The molecule has 162 valence electrons. The van der Waals surface area contributed by atoms with Gasteiger partial charge >= 0.3 is 6.18 Å². The minimum absolute atomic E-state index is 0.0175. The summed E-state index contributed by atoms with van der Waals surface area (Å²) in [5.41, 5.74) is -0.600. The second kappa shape index (κ2) is 8.68. The van der Waals surface area contributed by atoms with E-state index in [2.05, 4.69) is 10.0 Å². The number of para-hydroxylation sites is 3. The van der Waals surface area contributed by atoms with Crippen LogP contribution in [-0.4, -0.2) is 21.4 Å². The summed E-state index contributed by atoms with van der Waals surface area (Å²) in [6.45, 7) is 0. The fourth-order valence-corrected chi connectivity index (χ4v) is 3.81. The summed E-state index contributed by atoms with van der Waals surface area (Å²) in [5, 5.41) is 2.64. The van der Waals surface area contributed by atoms with Crippen LogP contribution in [0, 0.1) is 0 Å². The molecule has 0 unspecified atom stereocenters. The van der Waals surface area contributed by atoms with Crippen LogP contribution in [0.4, 0.5) is 24.5 Å². The summed E-state index contributed by atoms with van der Waals surface area (Å²) >= 11 is 0. The van der Waals surface area contributed by atoms with Gasteiger partial charge in [0.15, 0.2) is 0 Å².